The molecule has 0 saturated carbocycles. The van der Waals surface area contributed by atoms with Gasteiger partial charge in [-0.1, -0.05) is 30.8 Å². The molecule has 7 nitrogen and oxygen atoms in total. The summed E-state index contributed by atoms with van der Waals surface area (Å²) >= 11 is 1.39. The van der Waals surface area contributed by atoms with Crippen molar-refractivity contribution in [1.29, 1.82) is 0 Å². The van der Waals surface area contributed by atoms with E-state index in [1.165, 1.54) is 23.9 Å². The Bertz CT molecular complexity index is 1040. The molecule has 0 unspecified atom stereocenters. The number of carbonyl (C=O) groups excluding carboxylic acids is 1. The van der Waals surface area contributed by atoms with Crippen molar-refractivity contribution in [2.45, 2.75) is 31.2 Å². The fourth-order valence-corrected chi connectivity index (χ4v) is 3.23. The molecule has 0 aliphatic heterocycles. The van der Waals surface area contributed by atoms with Gasteiger partial charge in [-0.05, 0) is 24.8 Å². The van der Waals surface area contributed by atoms with Crippen molar-refractivity contribution < 1.29 is 18.0 Å². The number of anilines is 1. The van der Waals surface area contributed by atoms with Gasteiger partial charge in [-0.2, -0.15) is 18.3 Å². The molecular formula is C19H21F3N6OS. The lowest BCUT2D eigenvalue weighted by atomic mass is 10.1. The van der Waals surface area contributed by atoms with Gasteiger partial charge in [0.25, 0.3) is 5.91 Å². The van der Waals surface area contributed by atoms with Crippen LogP contribution in [0, 0.1) is 0 Å². The number of fused-ring (bicyclic) bond motifs is 1. The van der Waals surface area contributed by atoms with Gasteiger partial charge in [0.05, 0.1) is 29.3 Å². The predicted molar refractivity (Wildman–Crippen MR) is 110 cm³/mol. The minimum atomic E-state index is -4.60. The molecule has 2 heterocycles. The lowest BCUT2D eigenvalue weighted by Gasteiger charge is -2.13. The van der Waals surface area contributed by atoms with E-state index >= 15 is 0 Å². The number of thioether (sulfide) groups is 1. The van der Waals surface area contributed by atoms with Gasteiger partial charge in [-0.15, -0.1) is 0 Å². The molecule has 0 saturated heterocycles. The summed E-state index contributed by atoms with van der Waals surface area (Å²) < 4.78 is 40.9. The van der Waals surface area contributed by atoms with E-state index in [9.17, 15) is 18.0 Å². The highest BCUT2D eigenvalue weighted by molar-refractivity contribution is 7.98. The highest BCUT2D eigenvalue weighted by Gasteiger charge is 2.34. The monoisotopic (exact) mass is 438 g/mol. The number of amides is 1. The summed E-state index contributed by atoms with van der Waals surface area (Å²) in [5.41, 5.74) is -0.776. The van der Waals surface area contributed by atoms with E-state index in [0.717, 1.165) is 30.5 Å². The summed E-state index contributed by atoms with van der Waals surface area (Å²) in [5, 5.41) is 11.4. The standard InChI is InChI=1S/C19H21F3N6OS/c1-3-8-23-15-13-11-25-28(16(13)27-18(26-15)30-2)10-9-24-17(29)12-6-4-5-7-14(12)19(20,21)22/h4-7,11H,3,8-10H2,1-2H3,(H,24,29)(H,23,26,27). The SMILES string of the molecule is CCCNc1nc(SC)nc2c1cnn2CCNC(=O)c1ccccc1C(F)(F)F. The summed E-state index contributed by atoms with van der Waals surface area (Å²) in [7, 11) is 0. The number of halogens is 3. The largest absolute Gasteiger partial charge is 0.417 e. The Balaban J connectivity index is 1.75. The van der Waals surface area contributed by atoms with Crippen LogP contribution < -0.4 is 10.6 Å². The van der Waals surface area contributed by atoms with E-state index in [-0.39, 0.29) is 13.1 Å². The second-order valence-electron chi connectivity index (χ2n) is 6.39. The third-order valence-corrected chi connectivity index (χ3v) is 4.83. The molecule has 0 radical (unpaired) electrons. The van der Waals surface area contributed by atoms with Crippen molar-refractivity contribution in [2.24, 2.45) is 0 Å². The lowest BCUT2D eigenvalue weighted by molar-refractivity contribution is -0.137. The molecule has 160 valence electrons. The number of carbonyl (C=O) groups is 1. The zero-order valence-corrected chi connectivity index (χ0v) is 17.3. The molecule has 1 amide bonds. The van der Waals surface area contributed by atoms with Crippen LogP contribution in [0.25, 0.3) is 11.0 Å². The van der Waals surface area contributed by atoms with E-state index < -0.39 is 23.2 Å². The van der Waals surface area contributed by atoms with Crippen LogP contribution in [-0.4, -0.2) is 45.0 Å². The number of benzene rings is 1. The average Bonchev–Trinajstić information content (AvgIpc) is 3.14. The number of alkyl halides is 3. The normalized spacial score (nSPS) is 11.6. The molecule has 3 rings (SSSR count). The van der Waals surface area contributed by atoms with Gasteiger partial charge in [0.15, 0.2) is 10.8 Å². The molecule has 0 fully saturated rings. The quantitative estimate of drug-likeness (QED) is 0.411. The number of aromatic nitrogens is 4. The summed E-state index contributed by atoms with van der Waals surface area (Å²) in [6.45, 7) is 3.14. The first-order valence-corrected chi connectivity index (χ1v) is 10.5. The fraction of sp³-hybridized carbons (Fsp3) is 0.368. The first-order valence-electron chi connectivity index (χ1n) is 9.31. The van der Waals surface area contributed by atoms with Crippen molar-refractivity contribution in [1.82, 2.24) is 25.1 Å². The smallest absolute Gasteiger partial charge is 0.369 e. The number of hydrogen-bond acceptors (Lipinski definition) is 6. The zero-order chi connectivity index (χ0) is 21.7. The first kappa shape index (κ1) is 21.9. The molecule has 0 spiro atoms. The molecule has 0 atom stereocenters. The topological polar surface area (TPSA) is 84.7 Å². The van der Waals surface area contributed by atoms with E-state index in [1.807, 2.05) is 13.2 Å². The van der Waals surface area contributed by atoms with Crippen LogP contribution in [0.15, 0.2) is 35.6 Å². The van der Waals surface area contributed by atoms with Crippen LogP contribution in [0.3, 0.4) is 0 Å². The summed E-state index contributed by atoms with van der Waals surface area (Å²) in [6.07, 6.45) is -0.166. The number of rotatable bonds is 8. The number of nitrogens with zero attached hydrogens (tertiary/aromatic N) is 4. The molecule has 0 aliphatic carbocycles. The molecule has 3 aromatic rings. The van der Waals surface area contributed by atoms with Gasteiger partial charge < -0.3 is 10.6 Å². The minimum absolute atomic E-state index is 0.0954. The maximum atomic E-state index is 13.1. The van der Waals surface area contributed by atoms with Crippen molar-refractivity contribution in [2.75, 3.05) is 24.7 Å². The van der Waals surface area contributed by atoms with Gasteiger partial charge in [0.1, 0.15) is 5.82 Å². The predicted octanol–water partition coefficient (Wildman–Crippen LogP) is 3.82. The Labute approximate surface area is 175 Å². The third kappa shape index (κ3) is 4.84. The van der Waals surface area contributed by atoms with E-state index in [1.54, 1.807) is 10.9 Å². The van der Waals surface area contributed by atoms with Crippen molar-refractivity contribution in [3.05, 3.63) is 41.6 Å². The van der Waals surface area contributed by atoms with Crippen LogP contribution in [-0.2, 0) is 12.7 Å². The number of hydrogen-bond donors (Lipinski definition) is 2. The second kappa shape index (κ2) is 9.33. The van der Waals surface area contributed by atoms with E-state index in [4.69, 9.17) is 0 Å². The summed E-state index contributed by atoms with van der Waals surface area (Å²) in [6, 6.07) is 4.70. The van der Waals surface area contributed by atoms with E-state index in [0.29, 0.717) is 16.6 Å². The van der Waals surface area contributed by atoms with Gasteiger partial charge in [-0.25, -0.2) is 14.6 Å². The van der Waals surface area contributed by atoms with Gasteiger partial charge in [0, 0.05) is 13.1 Å². The molecule has 0 bridgehead atoms. The Morgan fingerprint density at radius 3 is 2.67 bits per heavy atom. The molecular weight excluding hydrogens is 417 g/mol. The van der Waals surface area contributed by atoms with Crippen LogP contribution >= 0.6 is 11.8 Å². The van der Waals surface area contributed by atoms with E-state index in [2.05, 4.69) is 25.7 Å². The second-order valence-corrected chi connectivity index (χ2v) is 7.16. The van der Waals surface area contributed by atoms with Crippen molar-refractivity contribution >= 4 is 34.5 Å². The molecule has 2 aromatic heterocycles. The van der Waals surface area contributed by atoms with Crippen molar-refractivity contribution in [3.63, 3.8) is 0 Å². The maximum absolute atomic E-state index is 13.1. The third-order valence-electron chi connectivity index (χ3n) is 4.29. The van der Waals surface area contributed by atoms with Crippen LogP contribution in [0.4, 0.5) is 19.0 Å². The molecule has 0 aliphatic rings. The molecule has 1 aromatic carbocycles. The molecule has 30 heavy (non-hydrogen) atoms. The van der Waals surface area contributed by atoms with Crippen LogP contribution in [0.5, 0.6) is 0 Å². The molecule has 2 N–H and O–H groups in total. The average molecular weight is 438 g/mol. The van der Waals surface area contributed by atoms with Gasteiger partial charge in [-0.3, -0.25) is 4.79 Å². The van der Waals surface area contributed by atoms with Crippen LogP contribution in [0.2, 0.25) is 0 Å². The van der Waals surface area contributed by atoms with Crippen molar-refractivity contribution in [3.8, 4) is 0 Å². The number of nitrogens with one attached hydrogen (secondary N) is 2. The highest BCUT2D eigenvalue weighted by atomic mass is 32.2. The minimum Gasteiger partial charge on any atom is -0.369 e. The fourth-order valence-electron chi connectivity index (χ4n) is 2.87. The van der Waals surface area contributed by atoms with Gasteiger partial charge >= 0.3 is 6.18 Å². The Kier molecular flexibility index (Phi) is 6.80. The van der Waals surface area contributed by atoms with Crippen LogP contribution in [0.1, 0.15) is 29.3 Å². The molecule has 11 heteroatoms. The first-order chi connectivity index (χ1) is 14.3. The Hall–Kier alpha value is -2.82. The maximum Gasteiger partial charge on any atom is 0.417 e. The Morgan fingerprint density at radius 2 is 1.97 bits per heavy atom. The van der Waals surface area contributed by atoms with Gasteiger partial charge in [0.2, 0.25) is 0 Å². The Morgan fingerprint density at radius 1 is 1.20 bits per heavy atom. The summed E-state index contributed by atoms with van der Waals surface area (Å²) in [4.78, 5) is 21.2. The lowest BCUT2D eigenvalue weighted by Crippen LogP contribution is -2.29. The highest BCUT2D eigenvalue weighted by Crippen LogP contribution is 2.31. The summed E-state index contributed by atoms with van der Waals surface area (Å²) in [5.74, 6) is -0.107. The zero-order valence-electron chi connectivity index (χ0n) is 16.5.